The van der Waals surface area contributed by atoms with Gasteiger partial charge in [0, 0.05) is 24.0 Å². The molecule has 1 amide bonds. The number of aryl methyl sites for hydroxylation is 2. The third-order valence-electron chi connectivity index (χ3n) is 4.07. The number of hydrogen-bond donors (Lipinski definition) is 2. The van der Waals surface area contributed by atoms with Crippen LogP contribution in [-0.4, -0.2) is 20.7 Å². The first-order valence-corrected chi connectivity index (χ1v) is 8.07. The third kappa shape index (κ3) is 4.03. The van der Waals surface area contributed by atoms with Gasteiger partial charge in [-0.2, -0.15) is 5.10 Å². The molecule has 0 fully saturated rings. The van der Waals surface area contributed by atoms with E-state index in [4.69, 9.17) is 0 Å². The number of carbonyl (C=O) groups excluding carboxylic acids is 1. The molecular weight excluding hydrogens is 316 g/mol. The van der Waals surface area contributed by atoms with Gasteiger partial charge in [-0.1, -0.05) is 30.3 Å². The topological polar surface area (TPSA) is 79.8 Å². The highest BCUT2D eigenvalue weighted by molar-refractivity contribution is 5.93. The van der Waals surface area contributed by atoms with Gasteiger partial charge in [0.1, 0.15) is 5.56 Å². The zero-order valence-electron chi connectivity index (χ0n) is 14.2. The molecule has 0 unspecified atom stereocenters. The Balaban J connectivity index is 1.63. The van der Waals surface area contributed by atoms with Gasteiger partial charge in [-0.15, -0.1) is 0 Å². The number of carbonyl (C=O) groups is 1. The summed E-state index contributed by atoms with van der Waals surface area (Å²) in [6.07, 6.45) is 3.60. The molecule has 0 saturated carbocycles. The van der Waals surface area contributed by atoms with Gasteiger partial charge in [0.05, 0.1) is 12.7 Å². The average molecular weight is 336 g/mol. The molecule has 0 aliphatic rings. The maximum absolute atomic E-state index is 12.2. The van der Waals surface area contributed by atoms with E-state index in [0.29, 0.717) is 13.1 Å². The summed E-state index contributed by atoms with van der Waals surface area (Å²) in [5, 5.41) is 7.07. The summed E-state index contributed by atoms with van der Waals surface area (Å²) >= 11 is 0. The number of nitrogens with one attached hydrogen (secondary N) is 2. The molecule has 6 nitrogen and oxygen atoms in total. The molecule has 0 bridgehead atoms. The summed E-state index contributed by atoms with van der Waals surface area (Å²) < 4.78 is 1.82. The van der Waals surface area contributed by atoms with Crippen LogP contribution in [0.2, 0.25) is 0 Å². The Morgan fingerprint density at radius 2 is 1.96 bits per heavy atom. The van der Waals surface area contributed by atoms with Crippen LogP contribution in [0.3, 0.4) is 0 Å². The lowest BCUT2D eigenvalue weighted by Crippen LogP contribution is -2.29. The quantitative estimate of drug-likeness (QED) is 0.749. The largest absolute Gasteiger partial charge is 0.348 e. The SMILES string of the molecule is Cc1cc(C(=O)NCc2cnn(Cc3ccccc3)c2)c(=O)[nH]c1C. The first kappa shape index (κ1) is 16.7. The summed E-state index contributed by atoms with van der Waals surface area (Å²) in [5.74, 6) is -0.389. The number of benzene rings is 1. The maximum Gasteiger partial charge on any atom is 0.261 e. The molecule has 3 rings (SSSR count). The second kappa shape index (κ2) is 7.17. The Morgan fingerprint density at radius 3 is 2.72 bits per heavy atom. The minimum atomic E-state index is -0.389. The predicted octanol–water partition coefficient (Wildman–Crippen LogP) is 2.17. The highest BCUT2D eigenvalue weighted by Gasteiger charge is 2.12. The molecule has 128 valence electrons. The van der Waals surface area contributed by atoms with Crippen molar-refractivity contribution in [3.63, 3.8) is 0 Å². The Bertz CT molecular complexity index is 942. The molecule has 3 aromatic rings. The van der Waals surface area contributed by atoms with Gasteiger partial charge in [-0.25, -0.2) is 0 Å². The van der Waals surface area contributed by atoms with E-state index in [1.807, 2.05) is 48.1 Å². The van der Waals surface area contributed by atoms with Crippen LogP contribution in [0.15, 0.2) is 53.6 Å². The van der Waals surface area contributed by atoms with Gasteiger partial charge in [0.25, 0.3) is 11.5 Å². The second-order valence-electron chi connectivity index (χ2n) is 6.03. The average Bonchev–Trinajstić information content (AvgIpc) is 3.04. The van der Waals surface area contributed by atoms with E-state index in [0.717, 1.165) is 22.4 Å². The highest BCUT2D eigenvalue weighted by atomic mass is 16.2. The van der Waals surface area contributed by atoms with Crippen molar-refractivity contribution in [1.82, 2.24) is 20.1 Å². The van der Waals surface area contributed by atoms with Gasteiger partial charge in [0.2, 0.25) is 0 Å². The molecule has 1 aromatic carbocycles. The van der Waals surface area contributed by atoms with Crippen LogP contribution >= 0.6 is 0 Å². The van der Waals surface area contributed by atoms with E-state index in [-0.39, 0.29) is 17.0 Å². The van der Waals surface area contributed by atoms with Crippen LogP contribution in [0.25, 0.3) is 0 Å². The molecule has 2 aromatic heterocycles. The molecule has 0 radical (unpaired) electrons. The summed E-state index contributed by atoms with van der Waals surface area (Å²) in [6.45, 7) is 4.65. The number of amides is 1. The van der Waals surface area contributed by atoms with Crippen LogP contribution in [0.4, 0.5) is 0 Å². The minimum Gasteiger partial charge on any atom is -0.348 e. The van der Waals surface area contributed by atoms with Crippen molar-refractivity contribution in [2.75, 3.05) is 0 Å². The molecule has 2 N–H and O–H groups in total. The number of hydrogen-bond acceptors (Lipinski definition) is 3. The number of pyridine rings is 1. The molecule has 0 aliphatic heterocycles. The van der Waals surface area contributed by atoms with Crippen LogP contribution < -0.4 is 10.9 Å². The first-order chi connectivity index (χ1) is 12.0. The second-order valence-corrected chi connectivity index (χ2v) is 6.03. The van der Waals surface area contributed by atoms with E-state index in [2.05, 4.69) is 15.4 Å². The number of nitrogens with zero attached hydrogens (tertiary/aromatic N) is 2. The van der Waals surface area contributed by atoms with E-state index >= 15 is 0 Å². The van der Waals surface area contributed by atoms with E-state index in [1.54, 1.807) is 19.2 Å². The number of aromatic nitrogens is 3. The zero-order valence-corrected chi connectivity index (χ0v) is 14.2. The van der Waals surface area contributed by atoms with Crippen LogP contribution in [0, 0.1) is 13.8 Å². The van der Waals surface area contributed by atoms with Gasteiger partial charge < -0.3 is 10.3 Å². The van der Waals surface area contributed by atoms with E-state index < -0.39 is 0 Å². The van der Waals surface area contributed by atoms with Gasteiger partial charge >= 0.3 is 0 Å². The fourth-order valence-electron chi connectivity index (χ4n) is 2.53. The Labute approximate surface area is 145 Å². The summed E-state index contributed by atoms with van der Waals surface area (Å²) in [5.41, 5.74) is 3.43. The van der Waals surface area contributed by atoms with E-state index in [9.17, 15) is 9.59 Å². The summed E-state index contributed by atoms with van der Waals surface area (Å²) in [7, 11) is 0. The maximum atomic E-state index is 12.2. The lowest BCUT2D eigenvalue weighted by Gasteiger charge is -2.06. The normalized spacial score (nSPS) is 10.6. The standard InChI is InChI=1S/C19H20N4O2/c1-13-8-17(19(25)22-14(13)2)18(24)20-9-16-10-21-23(12-16)11-15-6-4-3-5-7-15/h3-8,10,12H,9,11H2,1-2H3,(H,20,24)(H,22,25). The highest BCUT2D eigenvalue weighted by Crippen LogP contribution is 2.05. The molecule has 25 heavy (non-hydrogen) atoms. The van der Waals surface area contributed by atoms with Crippen LogP contribution in [0.1, 0.15) is 32.7 Å². The van der Waals surface area contributed by atoms with Gasteiger partial charge in [-0.05, 0) is 31.0 Å². The zero-order chi connectivity index (χ0) is 17.8. The summed E-state index contributed by atoms with van der Waals surface area (Å²) in [4.78, 5) is 26.8. The lowest BCUT2D eigenvalue weighted by molar-refractivity contribution is 0.0949. The Morgan fingerprint density at radius 1 is 1.20 bits per heavy atom. The van der Waals surface area contributed by atoms with Crippen LogP contribution in [-0.2, 0) is 13.1 Å². The monoisotopic (exact) mass is 336 g/mol. The van der Waals surface area contributed by atoms with Gasteiger partial charge in [-0.3, -0.25) is 14.3 Å². The van der Waals surface area contributed by atoms with Crippen molar-refractivity contribution in [2.45, 2.75) is 26.9 Å². The van der Waals surface area contributed by atoms with Crippen molar-refractivity contribution in [1.29, 1.82) is 0 Å². The fraction of sp³-hybridized carbons (Fsp3) is 0.211. The smallest absolute Gasteiger partial charge is 0.261 e. The Hall–Kier alpha value is -3.15. The summed E-state index contributed by atoms with van der Waals surface area (Å²) in [6, 6.07) is 11.6. The molecule has 2 heterocycles. The van der Waals surface area contributed by atoms with Crippen molar-refractivity contribution in [3.8, 4) is 0 Å². The number of aromatic amines is 1. The first-order valence-electron chi connectivity index (χ1n) is 8.07. The van der Waals surface area contributed by atoms with Crippen molar-refractivity contribution < 1.29 is 4.79 Å². The van der Waals surface area contributed by atoms with Crippen molar-refractivity contribution >= 4 is 5.91 Å². The number of H-pyrrole nitrogens is 1. The third-order valence-corrected chi connectivity index (χ3v) is 4.07. The lowest BCUT2D eigenvalue weighted by atomic mass is 10.1. The molecular formula is C19H20N4O2. The van der Waals surface area contributed by atoms with Crippen molar-refractivity contribution in [2.24, 2.45) is 0 Å². The Kier molecular flexibility index (Phi) is 4.79. The van der Waals surface area contributed by atoms with Crippen LogP contribution in [0.5, 0.6) is 0 Å². The van der Waals surface area contributed by atoms with Gasteiger partial charge in [0.15, 0.2) is 0 Å². The molecule has 0 aliphatic carbocycles. The predicted molar refractivity (Wildman–Crippen MR) is 95.5 cm³/mol. The van der Waals surface area contributed by atoms with Crippen molar-refractivity contribution in [3.05, 3.63) is 87.1 Å². The van der Waals surface area contributed by atoms with E-state index in [1.165, 1.54) is 0 Å². The molecule has 0 spiro atoms. The fourth-order valence-corrected chi connectivity index (χ4v) is 2.53. The minimum absolute atomic E-state index is 0.125. The molecule has 0 atom stereocenters. The number of rotatable bonds is 5. The molecule has 6 heteroatoms. The molecule has 0 saturated heterocycles.